The zero-order chi connectivity index (χ0) is 28.2. The van der Waals surface area contributed by atoms with Crippen LogP contribution in [0, 0.1) is 17.7 Å². The van der Waals surface area contributed by atoms with Gasteiger partial charge in [-0.2, -0.15) is 0 Å². The summed E-state index contributed by atoms with van der Waals surface area (Å²) in [5.41, 5.74) is 3.42. The summed E-state index contributed by atoms with van der Waals surface area (Å²) in [6.07, 6.45) is 7.72. The van der Waals surface area contributed by atoms with Gasteiger partial charge in [-0.25, -0.2) is 9.37 Å². The van der Waals surface area contributed by atoms with Crippen LogP contribution in [-0.2, 0) is 17.6 Å². The van der Waals surface area contributed by atoms with Crippen LogP contribution in [0.1, 0.15) is 72.2 Å². The molecule has 3 atom stereocenters. The van der Waals surface area contributed by atoms with E-state index in [0.29, 0.717) is 12.5 Å². The standard InChI is InChI=1S/C32H41FN4O2S/c1-4-28-31(40-29(35-28)15-22-7-6-12-34-17-22)23-10-13-36(14-11-23)18-25-19-37(30(21(2)3)32(38)39)20-27(25)24-8-5-9-26(33)16-24/h5-9,12,16-17,21,23,25,27,30H,4,10-11,13-15,18-20H2,1-3H3,(H,38,39). The molecule has 1 N–H and O–H groups in total. The lowest BCUT2D eigenvalue weighted by Crippen LogP contribution is -2.44. The number of aryl methyl sites for hydroxylation is 1. The molecule has 2 aliphatic rings. The highest BCUT2D eigenvalue weighted by atomic mass is 32.1. The van der Waals surface area contributed by atoms with Crippen LogP contribution in [0.15, 0.2) is 48.8 Å². The highest BCUT2D eigenvalue weighted by Gasteiger charge is 2.41. The highest BCUT2D eigenvalue weighted by molar-refractivity contribution is 7.11. The van der Waals surface area contributed by atoms with Gasteiger partial charge in [0.2, 0.25) is 0 Å². The fourth-order valence-electron chi connectivity index (χ4n) is 6.74. The molecule has 2 saturated heterocycles. The summed E-state index contributed by atoms with van der Waals surface area (Å²) in [5, 5.41) is 11.1. The summed E-state index contributed by atoms with van der Waals surface area (Å²) < 4.78 is 14.2. The molecule has 0 spiro atoms. The Morgan fingerprint density at radius 1 is 1.18 bits per heavy atom. The molecule has 4 heterocycles. The Labute approximate surface area is 241 Å². The van der Waals surface area contributed by atoms with E-state index in [1.54, 1.807) is 18.3 Å². The molecule has 0 radical (unpaired) electrons. The van der Waals surface area contributed by atoms with Gasteiger partial charge in [0.15, 0.2) is 0 Å². The first-order chi connectivity index (χ1) is 19.3. The third-order valence-electron chi connectivity index (χ3n) is 8.66. The number of pyridine rings is 1. The quantitative estimate of drug-likeness (QED) is 0.334. The Morgan fingerprint density at radius 2 is 1.98 bits per heavy atom. The van der Waals surface area contributed by atoms with E-state index in [1.807, 2.05) is 43.5 Å². The minimum atomic E-state index is -0.770. The number of rotatable bonds is 10. The van der Waals surface area contributed by atoms with Crippen LogP contribution in [0.3, 0.4) is 0 Å². The highest BCUT2D eigenvalue weighted by Crippen LogP contribution is 2.39. The molecular formula is C32H41FN4O2S. The molecule has 3 unspecified atom stereocenters. The van der Waals surface area contributed by atoms with Crippen molar-refractivity contribution < 1.29 is 14.3 Å². The summed E-state index contributed by atoms with van der Waals surface area (Å²) >= 11 is 1.87. The van der Waals surface area contributed by atoms with Gasteiger partial charge in [0, 0.05) is 49.2 Å². The predicted octanol–water partition coefficient (Wildman–Crippen LogP) is 5.83. The maximum atomic E-state index is 14.2. The van der Waals surface area contributed by atoms with Crippen LogP contribution in [0.2, 0.25) is 0 Å². The Hall–Kier alpha value is -2.68. The lowest BCUT2D eigenvalue weighted by molar-refractivity contribution is -0.144. The van der Waals surface area contributed by atoms with E-state index in [9.17, 15) is 14.3 Å². The monoisotopic (exact) mass is 564 g/mol. The summed E-state index contributed by atoms with van der Waals surface area (Å²) in [4.78, 5) is 27.5. The van der Waals surface area contributed by atoms with Crippen molar-refractivity contribution in [1.82, 2.24) is 19.8 Å². The van der Waals surface area contributed by atoms with Crippen LogP contribution in [0.4, 0.5) is 4.39 Å². The van der Waals surface area contributed by atoms with Crippen molar-refractivity contribution in [2.45, 2.75) is 64.3 Å². The Balaban J connectivity index is 1.26. The van der Waals surface area contributed by atoms with E-state index in [4.69, 9.17) is 4.98 Å². The Morgan fingerprint density at radius 3 is 2.62 bits per heavy atom. The van der Waals surface area contributed by atoms with Crippen molar-refractivity contribution in [3.63, 3.8) is 0 Å². The molecule has 5 rings (SSSR count). The van der Waals surface area contributed by atoms with Crippen LogP contribution in [0.25, 0.3) is 0 Å². The number of likely N-dealkylation sites (tertiary alicyclic amines) is 2. The van der Waals surface area contributed by atoms with E-state index in [-0.39, 0.29) is 23.6 Å². The predicted molar refractivity (Wildman–Crippen MR) is 157 cm³/mol. The van der Waals surface area contributed by atoms with Crippen molar-refractivity contribution in [3.8, 4) is 0 Å². The number of carbonyl (C=O) groups is 1. The topological polar surface area (TPSA) is 69.6 Å². The number of hydrogen-bond donors (Lipinski definition) is 1. The molecule has 2 aromatic heterocycles. The van der Waals surface area contributed by atoms with Crippen molar-refractivity contribution in [3.05, 3.63) is 81.3 Å². The average molecular weight is 565 g/mol. The number of aromatic nitrogens is 2. The van der Waals surface area contributed by atoms with E-state index < -0.39 is 12.0 Å². The number of nitrogens with zero attached hydrogens (tertiary/aromatic N) is 4. The number of carboxylic acids is 1. The molecule has 2 aliphatic heterocycles. The minimum Gasteiger partial charge on any atom is -0.480 e. The second-order valence-electron chi connectivity index (χ2n) is 11.8. The molecule has 2 fully saturated rings. The maximum absolute atomic E-state index is 14.2. The van der Waals surface area contributed by atoms with E-state index in [0.717, 1.165) is 57.4 Å². The molecule has 0 aliphatic carbocycles. The molecule has 0 saturated carbocycles. The van der Waals surface area contributed by atoms with Crippen molar-refractivity contribution >= 4 is 17.3 Å². The maximum Gasteiger partial charge on any atom is 0.321 e. The number of piperidine rings is 1. The third-order valence-corrected chi connectivity index (χ3v) is 9.92. The summed E-state index contributed by atoms with van der Waals surface area (Å²) in [5.74, 6) is -0.0722. The summed E-state index contributed by atoms with van der Waals surface area (Å²) in [6, 6.07) is 10.5. The third kappa shape index (κ3) is 6.61. The SMILES string of the molecule is CCc1nc(Cc2cccnc2)sc1C1CCN(CC2CN(C(C(=O)O)C(C)C)CC2c2cccc(F)c2)CC1. The number of benzene rings is 1. The number of aliphatic carboxylic acids is 1. The summed E-state index contributed by atoms with van der Waals surface area (Å²) in [7, 11) is 0. The van der Waals surface area contributed by atoms with Crippen LogP contribution in [0.5, 0.6) is 0 Å². The van der Waals surface area contributed by atoms with Crippen LogP contribution in [-0.4, -0.2) is 69.6 Å². The van der Waals surface area contributed by atoms with Gasteiger partial charge in [0.25, 0.3) is 0 Å². The molecule has 3 aromatic rings. The molecule has 0 bridgehead atoms. The number of hydrogen-bond acceptors (Lipinski definition) is 6. The fraction of sp³-hybridized carbons (Fsp3) is 0.531. The lowest BCUT2D eigenvalue weighted by Gasteiger charge is -2.34. The van der Waals surface area contributed by atoms with Gasteiger partial charge in [0.05, 0.1) is 10.7 Å². The zero-order valence-corrected chi connectivity index (χ0v) is 24.6. The molecule has 40 heavy (non-hydrogen) atoms. The average Bonchev–Trinajstić information content (AvgIpc) is 3.53. The number of thiazole rings is 1. The van der Waals surface area contributed by atoms with Gasteiger partial charge < -0.3 is 10.0 Å². The molecule has 8 heteroatoms. The fourth-order valence-corrected chi connectivity index (χ4v) is 8.10. The second-order valence-corrected chi connectivity index (χ2v) is 12.9. The van der Waals surface area contributed by atoms with Crippen LogP contribution >= 0.6 is 11.3 Å². The molecular weight excluding hydrogens is 523 g/mol. The Bertz CT molecular complexity index is 1270. The smallest absolute Gasteiger partial charge is 0.321 e. The first kappa shape index (κ1) is 28.8. The summed E-state index contributed by atoms with van der Waals surface area (Å²) in [6.45, 7) is 10.5. The minimum absolute atomic E-state index is 0.00960. The normalized spacial score (nSPS) is 21.7. The van der Waals surface area contributed by atoms with Gasteiger partial charge in [-0.15, -0.1) is 11.3 Å². The number of carboxylic acid groups (broad SMARTS) is 1. The molecule has 0 amide bonds. The Kier molecular flexibility index (Phi) is 9.28. The van der Waals surface area contributed by atoms with E-state index >= 15 is 0 Å². The van der Waals surface area contributed by atoms with Crippen molar-refractivity contribution in [2.75, 3.05) is 32.7 Å². The molecule has 6 nitrogen and oxygen atoms in total. The van der Waals surface area contributed by atoms with E-state index in [2.05, 4.69) is 27.8 Å². The first-order valence-corrected chi connectivity index (χ1v) is 15.5. The largest absolute Gasteiger partial charge is 0.480 e. The van der Waals surface area contributed by atoms with Gasteiger partial charge in [-0.1, -0.05) is 39.0 Å². The van der Waals surface area contributed by atoms with Gasteiger partial charge in [-0.3, -0.25) is 14.7 Å². The van der Waals surface area contributed by atoms with Gasteiger partial charge in [0.1, 0.15) is 11.9 Å². The van der Waals surface area contributed by atoms with Crippen LogP contribution < -0.4 is 0 Å². The number of halogens is 1. The van der Waals surface area contributed by atoms with Crippen molar-refractivity contribution in [2.24, 2.45) is 11.8 Å². The molecule has 214 valence electrons. The second kappa shape index (κ2) is 12.9. The van der Waals surface area contributed by atoms with Gasteiger partial charge >= 0.3 is 5.97 Å². The van der Waals surface area contributed by atoms with Crippen molar-refractivity contribution in [1.29, 1.82) is 0 Å². The van der Waals surface area contributed by atoms with Gasteiger partial charge in [-0.05, 0) is 79.4 Å². The lowest BCUT2D eigenvalue weighted by atomic mass is 9.87. The first-order valence-electron chi connectivity index (χ1n) is 14.6. The zero-order valence-electron chi connectivity index (χ0n) is 23.8. The molecule has 1 aromatic carbocycles. The van der Waals surface area contributed by atoms with E-state index in [1.165, 1.54) is 27.2 Å².